The molecule has 0 aromatic heterocycles. The Bertz CT molecular complexity index is 1410. The zero-order valence-electron chi connectivity index (χ0n) is 21.8. The van der Waals surface area contributed by atoms with Crippen molar-refractivity contribution in [1.29, 1.82) is 5.26 Å². The Labute approximate surface area is 231 Å². The minimum absolute atomic E-state index is 0.0354. The minimum Gasteiger partial charge on any atom is -0.427 e. The number of anilines is 1. The summed E-state index contributed by atoms with van der Waals surface area (Å²) in [5, 5.41) is 13.7. The smallest absolute Gasteiger partial charge is 0.418 e. The fourth-order valence-corrected chi connectivity index (χ4v) is 4.77. The van der Waals surface area contributed by atoms with Gasteiger partial charge in [0.25, 0.3) is 5.91 Å². The van der Waals surface area contributed by atoms with Gasteiger partial charge in [0, 0.05) is 30.8 Å². The van der Waals surface area contributed by atoms with E-state index in [9.17, 15) is 36.7 Å². The second-order valence-electron chi connectivity index (χ2n) is 9.61. The van der Waals surface area contributed by atoms with E-state index in [1.54, 1.807) is 6.07 Å². The predicted molar refractivity (Wildman–Crippen MR) is 134 cm³/mol. The summed E-state index contributed by atoms with van der Waals surface area (Å²) in [5.74, 6) is -2.64. The van der Waals surface area contributed by atoms with Gasteiger partial charge < -0.3 is 20.3 Å². The third-order valence-electron chi connectivity index (χ3n) is 6.96. The Morgan fingerprint density at radius 1 is 1.20 bits per heavy atom. The molecule has 4 rings (SSSR count). The number of aryl methyl sites for hydroxylation is 1. The summed E-state index contributed by atoms with van der Waals surface area (Å²) in [6.07, 6.45) is -5.53. The molecule has 1 saturated heterocycles. The van der Waals surface area contributed by atoms with Crippen molar-refractivity contribution in [3.63, 3.8) is 0 Å². The molecule has 5 amide bonds. The fraction of sp³-hybridized carbons (Fsp3) is 0.370. The number of nitriles is 1. The number of nitrogens with zero attached hydrogens (tertiary/aromatic N) is 3. The maximum atomic E-state index is 13.6. The Balaban J connectivity index is 1.51. The van der Waals surface area contributed by atoms with E-state index in [2.05, 4.69) is 10.6 Å². The van der Waals surface area contributed by atoms with Crippen molar-refractivity contribution in [3.05, 3.63) is 65.0 Å². The third kappa shape index (κ3) is 6.08. The van der Waals surface area contributed by atoms with Gasteiger partial charge in [-0.3, -0.25) is 9.59 Å². The first-order valence-electron chi connectivity index (χ1n) is 12.6. The maximum Gasteiger partial charge on any atom is 0.418 e. The lowest BCUT2D eigenvalue weighted by molar-refractivity contribution is -0.187. The summed E-state index contributed by atoms with van der Waals surface area (Å²) in [6, 6.07) is 8.22. The largest absolute Gasteiger partial charge is 0.427 e. The molecule has 0 bridgehead atoms. The number of alkyl halides is 3. The first-order valence-corrected chi connectivity index (χ1v) is 12.6. The number of halogens is 4. The number of carbonyl (C=O) groups excluding carboxylic acids is 4. The molecule has 0 radical (unpaired) electrons. The number of imide groups is 1. The topological polar surface area (TPSA) is 132 Å². The van der Waals surface area contributed by atoms with E-state index >= 15 is 0 Å². The van der Waals surface area contributed by atoms with Crippen LogP contribution in [0.4, 0.5) is 32.8 Å². The highest BCUT2D eigenvalue weighted by atomic mass is 19.4. The third-order valence-corrected chi connectivity index (χ3v) is 6.96. The molecule has 1 fully saturated rings. The normalized spacial score (nSPS) is 18.5. The summed E-state index contributed by atoms with van der Waals surface area (Å²) in [4.78, 5) is 52.3. The van der Waals surface area contributed by atoms with Crippen LogP contribution in [0, 0.1) is 17.1 Å². The van der Waals surface area contributed by atoms with Gasteiger partial charge in [-0.05, 0) is 48.7 Å². The highest BCUT2D eigenvalue weighted by Gasteiger charge is 2.58. The van der Waals surface area contributed by atoms with Gasteiger partial charge >= 0.3 is 18.3 Å². The van der Waals surface area contributed by atoms with Crippen LogP contribution in [-0.2, 0) is 32.9 Å². The summed E-state index contributed by atoms with van der Waals surface area (Å²) < 4.78 is 59.6. The van der Waals surface area contributed by atoms with Crippen molar-refractivity contribution in [3.8, 4) is 6.07 Å². The highest BCUT2D eigenvalue weighted by Crippen LogP contribution is 2.46. The number of benzene rings is 2. The van der Waals surface area contributed by atoms with E-state index in [0.29, 0.717) is 26.6 Å². The summed E-state index contributed by atoms with van der Waals surface area (Å²) in [6.45, 7) is -0.599. The molecule has 1 spiro atoms. The van der Waals surface area contributed by atoms with E-state index in [1.807, 2.05) is 6.07 Å². The number of hydrogen-bond donors (Lipinski definition) is 2. The molecular weight excluding hydrogens is 550 g/mol. The summed E-state index contributed by atoms with van der Waals surface area (Å²) in [7, 11) is 0. The van der Waals surface area contributed by atoms with E-state index in [-0.39, 0.29) is 31.4 Å². The lowest BCUT2D eigenvalue weighted by atomic mass is 9.94. The SMILES string of the molecule is C[C@H](N(Cc1ccc(F)cc1)C(=O)CN1C(=O)O[C@@]2(CCc3cc(NC(=O)NCCC#N)ccc32)C1=O)C(F)(F)F. The summed E-state index contributed by atoms with van der Waals surface area (Å²) >= 11 is 0. The van der Waals surface area contributed by atoms with E-state index in [4.69, 9.17) is 10.00 Å². The number of fused-ring (bicyclic) bond motifs is 2. The number of rotatable bonds is 8. The van der Waals surface area contributed by atoms with Crippen LogP contribution < -0.4 is 10.6 Å². The van der Waals surface area contributed by atoms with Crippen molar-refractivity contribution < 1.29 is 41.5 Å². The molecule has 2 N–H and O–H groups in total. The van der Waals surface area contributed by atoms with Crippen LogP contribution in [0.25, 0.3) is 0 Å². The van der Waals surface area contributed by atoms with Gasteiger partial charge in [-0.1, -0.05) is 18.2 Å². The van der Waals surface area contributed by atoms with Gasteiger partial charge in [0.2, 0.25) is 11.5 Å². The van der Waals surface area contributed by atoms with Crippen molar-refractivity contribution in [2.45, 2.75) is 50.6 Å². The van der Waals surface area contributed by atoms with Crippen LogP contribution in [-0.4, -0.2) is 59.0 Å². The standard InChI is InChI=1S/C27H25F4N5O5/c1-16(27(29,30)31)35(14-17-3-5-19(28)6-4-17)22(37)15-36-23(38)26(41-25(36)40)10-9-18-13-20(7-8-21(18)26)34-24(39)33-12-2-11-32/h3-8,13,16H,2,9-10,12,14-15H2,1H3,(H2,33,34,39)/t16-,26+/m0/s1. The van der Waals surface area contributed by atoms with Crippen LogP contribution in [0.15, 0.2) is 42.5 Å². The molecular formula is C27H25F4N5O5. The summed E-state index contributed by atoms with van der Waals surface area (Å²) in [5.41, 5.74) is -0.212. The average Bonchev–Trinajstić information content (AvgIpc) is 3.39. The molecule has 14 heteroatoms. The Hall–Kier alpha value is -4.67. The van der Waals surface area contributed by atoms with Crippen molar-refractivity contribution in [2.75, 3.05) is 18.4 Å². The van der Waals surface area contributed by atoms with Crippen LogP contribution in [0.2, 0.25) is 0 Å². The van der Waals surface area contributed by atoms with Crippen molar-refractivity contribution in [1.82, 2.24) is 15.1 Å². The van der Waals surface area contributed by atoms with E-state index in [0.717, 1.165) is 19.1 Å². The second-order valence-corrected chi connectivity index (χ2v) is 9.61. The monoisotopic (exact) mass is 575 g/mol. The molecule has 10 nitrogen and oxygen atoms in total. The van der Waals surface area contributed by atoms with E-state index in [1.165, 1.54) is 24.3 Å². The Morgan fingerprint density at radius 2 is 1.90 bits per heavy atom. The molecule has 2 aromatic carbocycles. The molecule has 2 aliphatic rings. The number of carbonyl (C=O) groups is 4. The zero-order chi connectivity index (χ0) is 29.9. The highest BCUT2D eigenvalue weighted by molar-refractivity contribution is 6.06. The van der Waals surface area contributed by atoms with Gasteiger partial charge in [0.1, 0.15) is 18.4 Å². The van der Waals surface area contributed by atoms with Crippen molar-refractivity contribution >= 4 is 29.6 Å². The predicted octanol–water partition coefficient (Wildman–Crippen LogP) is 3.96. The molecule has 216 valence electrons. The molecule has 2 atom stereocenters. The van der Waals surface area contributed by atoms with Gasteiger partial charge in [0.05, 0.1) is 12.5 Å². The van der Waals surface area contributed by atoms with Crippen LogP contribution in [0.3, 0.4) is 0 Å². The quantitative estimate of drug-likeness (QED) is 0.362. The lowest BCUT2D eigenvalue weighted by Gasteiger charge is -2.31. The van der Waals surface area contributed by atoms with Gasteiger partial charge in [-0.2, -0.15) is 18.4 Å². The maximum absolute atomic E-state index is 13.6. The van der Waals surface area contributed by atoms with Crippen molar-refractivity contribution in [2.24, 2.45) is 0 Å². The van der Waals surface area contributed by atoms with Gasteiger partial charge in [-0.15, -0.1) is 0 Å². The van der Waals surface area contributed by atoms with E-state index < -0.39 is 60.7 Å². The van der Waals surface area contributed by atoms with Crippen LogP contribution >= 0.6 is 0 Å². The zero-order valence-corrected chi connectivity index (χ0v) is 21.8. The molecule has 1 aliphatic carbocycles. The molecule has 41 heavy (non-hydrogen) atoms. The van der Waals surface area contributed by atoms with Gasteiger partial charge in [-0.25, -0.2) is 18.9 Å². The average molecular weight is 576 g/mol. The number of nitrogens with one attached hydrogen (secondary N) is 2. The number of amides is 5. The number of ether oxygens (including phenoxy) is 1. The minimum atomic E-state index is -4.81. The first-order chi connectivity index (χ1) is 19.4. The molecule has 0 unspecified atom stereocenters. The molecule has 1 aliphatic heterocycles. The first kappa shape index (κ1) is 29.3. The van der Waals surface area contributed by atoms with Gasteiger partial charge in [0.15, 0.2) is 0 Å². The lowest BCUT2D eigenvalue weighted by Crippen LogP contribution is -2.51. The second kappa shape index (κ2) is 11.4. The van der Waals surface area contributed by atoms with Crippen LogP contribution in [0.1, 0.15) is 36.5 Å². The Kier molecular flexibility index (Phi) is 8.18. The number of hydrogen-bond acceptors (Lipinski definition) is 6. The molecule has 1 heterocycles. The Morgan fingerprint density at radius 3 is 2.56 bits per heavy atom. The molecule has 0 saturated carbocycles. The van der Waals surface area contributed by atoms with Crippen LogP contribution in [0.5, 0.6) is 0 Å². The molecule has 2 aromatic rings. The fourth-order valence-electron chi connectivity index (χ4n) is 4.77. The number of urea groups is 1.